The van der Waals surface area contributed by atoms with E-state index in [0.717, 1.165) is 24.0 Å². The minimum atomic E-state index is -1.04. The van der Waals surface area contributed by atoms with Gasteiger partial charge in [-0.15, -0.1) is 0 Å². The molecule has 1 aromatic rings. The van der Waals surface area contributed by atoms with Gasteiger partial charge in [-0.2, -0.15) is 0 Å². The van der Waals surface area contributed by atoms with Gasteiger partial charge in [0, 0.05) is 0 Å². The van der Waals surface area contributed by atoms with Crippen LogP contribution >= 0.6 is 0 Å². The molecule has 1 unspecified atom stereocenters. The smallest absolute Gasteiger partial charge is 0.147 e. The Morgan fingerprint density at radius 2 is 2.24 bits per heavy atom. The van der Waals surface area contributed by atoms with Crippen LogP contribution in [0.15, 0.2) is 30.0 Å². The van der Waals surface area contributed by atoms with E-state index in [4.69, 9.17) is 4.74 Å². The molecule has 0 bridgehead atoms. The molecule has 0 fully saturated rings. The molecule has 1 aliphatic heterocycles. The van der Waals surface area contributed by atoms with E-state index in [0.29, 0.717) is 25.2 Å². The molecule has 1 atom stereocenters. The summed E-state index contributed by atoms with van der Waals surface area (Å²) in [5.74, 6) is 0.403. The van der Waals surface area contributed by atoms with Crippen molar-refractivity contribution in [1.29, 1.82) is 0 Å². The molecule has 3 heteroatoms. The van der Waals surface area contributed by atoms with E-state index >= 15 is 0 Å². The lowest BCUT2D eigenvalue weighted by atomic mass is 9.92. The normalized spacial score (nSPS) is 27.3. The van der Waals surface area contributed by atoms with Gasteiger partial charge in [0.1, 0.15) is 17.2 Å². The fourth-order valence-electron chi connectivity index (χ4n) is 2.72. The van der Waals surface area contributed by atoms with Gasteiger partial charge >= 0.3 is 0 Å². The summed E-state index contributed by atoms with van der Waals surface area (Å²) < 4.78 is 18.7. The van der Waals surface area contributed by atoms with Crippen LogP contribution in [0.3, 0.4) is 0 Å². The number of hydrogen-bond donors (Lipinski definition) is 1. The van der Waals surface area contributed by atoms with E-state index in [1.165, 1.54) is 12.1 Å². The highest BCUT2D eigenvalue weighted by Gasteiger charge is 2.42. The van der Waals surface area contributed by atoms with Crippen LogP contribution in [0.2, 0.25) is 0 Å². The lowest BCUT2D eigenvalue weighted by molar-refractivity contribution is 0.00189. The van der Waals surface area contributed by atoms with Crippen molar-refractivity contribution in [2.45, 2.75) is 31.3 Å². The summed E-state index contributed by atoms with van der Waals surface area (Å²) in [5, 5.41) is 10.7. The van der Waals surface area contributed by atoms with Gasteiger partial charge < -0.3 is 9.84 Å². The quantitative estimate of drug-likeness (QED) is 0.809. The van der Waals surface area contributed by atoms with E-state index in [-0.39, 0.29) is 5.82 Å². The van der Waals surface area contributed by atoms with Crippen molar-refractivity contribution in [3.05, 3.63) is 47.0 Å². The molecule has 1 aliphatic carbocycles. The van der Waals surface area contributed by atoms with Gasteiger partial charge in [-0.25, -0.2) is 4.39 Å². The topological polar surface area (TPSA) is 29.5 Å². The molecule has 2 nitrogen and oxygen atoms in total. The molecule has 0 aromatic heterocycles. The van der Waals surface area contributed by atoms with Crippen LogP contribution in [0.25, 0.3) is 0 Å². The Kier molecular flexibility index (Phi) is 2.44. The second kappa shape index (κ2) is 3.84. The molecular weight excluding hydrogens is 219 g/mol. The molecule has 1 aromatic carbocycles. The summed E-state index contributed by atoms with van der Waals surface area (Å²) in [7, 11) is 0. The van der Waals surface area contributed by atoms with Gasteiger partial charge in [0.05, 0.1) is 6.61 Å². The zero-order valence-corrected chi connectivity index (χ0v) is 9.58. The van der Waals surface area contributed by atoms with Crippen LogP contribution in [-0.2, 0) is 16.8 Å². The van der Waals surface area contributed by atoms with Crippen LogP contribution in [0.1, 0.15) is 30.4 Å². The third-order valence-corrected chi connectivity index (χ3v) is 3.61. The Bertz CT molecular complexity index is 481. The van der Waals surface area contributed by atoms with Crippen molar-refractivity contribution in [3.63, 3.8) is 0 Å². The molecular formula is C14H15FO2. The maximum atomic E-state index is 13.1. The van der Waals surface area contributed by atoms with Crippen LogP contribution in [-0.4, -0.2) is 11.7 Å². The maximum absolute atomic E-state index is 13.1. The van der Waals surface area contributed by atoms with Crippen molar-refractivity contribution < 1.29 is 14.2 Å². The number of aryl methyl sites for hydroxylation is 1. The zero-order valence-electron chi connectivity index (χ0n) is 9.58. The van der Waals surface area contributed by atoms with Gasteiger partial charge in [-0.1, -0.05) is 6.07 Å². The van der Waals surface area contributed by atoms with E-state index in [2.05, 4.69) is 0 Å². The highest BCUT2D eigenvalue weighted by atomic mass is 19.1. The van der Waals surface area contributed by atoms with Crippen molar-refractivity contribution >= 4 is 0 Å². The minimum absolute atomic E-state index is 0.244. The Hall–Kier alpha value is -1.35. The Balaban J connectivity index is 2.04. The summed E-state index contributed by atoms with van der Waals surface area (Å²) in [6.45, 7) is 0.657. The Labute approximate surface area is 99.7 Å². The highest BCUT2D eigenvalue weighted by molar-refractivity contribution is 5.42. The number of ether oxygens (including phenoxy) is 1. The van der Waals surface area contributed by atoms with E-state index < -0.39 is 5.60 Å². The SMILES string of the molecule is OC1(C2=CCCCO2)CCc2cc(F)ccc21. The Morgan fingerprint density at radius 1 is 1.35 bits per heavy atom. The predicted octanol–water partition coefficient (Wildman–Crippen LogP) is 2.65. The zero-order chi connectivity index (χ0) is 11.9. The Morgan fingerprint density at radius 3 is 3.00 bits per heavy atom. The lowest BCUT2D eigenvalue weighted by Crippen LogP contribution is -2.28. The molecule has 0 radical (unpaired) electrons. The van der Waals surface area contributed by atoms with Crippen LogP contribution in [0.4, 0.5) is 4.39 Å². The predicted molar refractivity (Wildman–Crippen MR) is 61.9 cm³/mol. The van der Waals surface area contributed by atoms with Crippen molar-refractivity contribution in [3.8, 4) is 0 Å². The second-order valence-corrected chi connectivity index (χ2v) is 4.72. The first-order chi connectivity index (χ1) is 8.20. The van der Waals surface area contributed by atoms with Crippen molar-refractivity contribution in [2.75, 3.05) is 6.61 Å². The first-order valence-corrected chi connectivity index (χ1v) is 6.05. The third-order valence-electron chi connectivity index (χ3n) is 3.61. The highest BCUT2D eigenvalue weighted by Crippen LogP contribution is 2.43. The second-order valence-electron chi connectivity index (χ2n) is 4.72. The maximum Gasteiger partial charge on any atom is 0.147 e. The van der Waals surface area contributed by atoms with E-state index in [1.54, 1.807) is 6.07 Å². The fourth-order valence-corrected chi connectivity index (χ4v) is 2.72. The standard InChI is InChI=1S/C14H15FO2/c15-11-4-5-12-10(9-11)6-7-14(12,16)13-3-1-2-8-17-13/h3-5,9,16H,1-2,6-8H2. The summed E-state index contributed by atoms with van der Waals surface area (Å²) in [6.07, 6.45) is 5.17. The molecule has 0 amide bonds. The first kappa shape index (κ1) is 10.8. The number of allylic oxidation sites excluding steroid dienone is 1. The van der Waals surface area contributed by atoms with Gasteiger partial charge in [0.2, 0.25) is 0 Å². The first-order valence-electron chi connectivity index (χ1n) is 6.05. The molecule has 0 saturated heterocycles. The fraction of sp³-hybridized carbons (Fsp3) is 0.429. The largest absolute Gasteiger partial charge is 0.495 e. The monoisotopic (exact) mass is 234 g/mol. The molecule has 3 rings (SSSR count). The number of fused-ring (bicyclic) bond motifs is 1. The average Bonchev–Trinajstić information content (AvgIpc) is 2.69. The van der Waals surface area contributed by atoms with Gasteiger partial charge in [0.25, 0.3) is 0 Å². The number of rotatable bonds is 1. The van der Waals surface area contributed by atoms with Gasteiger partial charge in [-0.3, -0.25) is 0 Å². The summed E-state index contributed by atoms with van der Waals surface area (Å²) >= 11 is 0. The number of aliphatic hydroxyl groups is 1. The number of benzene rings is 1. The number of halogens is 1. The van der Waals surface area contributed by atoms with Crippen LogP contribution in [0.5, 0.6) is 0 Å². The molecule has 0 spiro atoms. The van der Waals surface area contributed by atoms with Crippen molar-refractivity contribution in [1.82, 2.24) is 0 Å². The summed E-state index contributed by atoms with van der Waals surface area (Å²) in [5.41, 5.74) is 0.651. The minimum Gasteiger partial charge on any atom is -0.495 e. The van der Waals surface area contributed by atoms with E-state index in [1.807, 2.05) is 6.08 Å². The summed E-state index contributed by atoms with van der Waals surface area (Å²) in [6, 6.07) is 4.59. The molecule has 1 heterocycles. The van der Waals surface area contributed by atoms with Crippen LogP contribution < -0.4 is 0 Å². The van der Waals surface area contributed by atoms with Gasteiger partial charge in [-0.05, 0) is 55.0 Å². The van der Waals surface area contributed by atoms with Crippen LogP contribution in [0, 0.1) is 5.82 Å². The summed E-state index contributed by atoms with van der Waals surface area (Å²) in [4.78, 5) is 0. The molecule has 1 N–H and O–H groups in total. The molecule has 90 valence electrons. The van der Waals surface area contributed by atoms with E-state index in [9.17, 15) is 9.50 Å². The number of hydrogen-bond acceptors (Lipinski definition) is 2. The average molecular weight is 234 g/mol. The lowest BCUT2D eigenvalue weighted by Gasteiger charge is -2.29. The third kappa shape index (κ3) is 1.65. The molecule has 17 heavy (non-hydrogen) atoms. The van der Waals surface area contributed by atoms with Gasteiger partial charge in [0.15, 0.2) is 0 Å². The van der Waals surface area contributed by atoms with Crippen molar-refractivity contribution in [2.24, 2.45) is 0 Å². The molecule has 2 aliphatic rings. The molecule has 0 saturated carbocycles.